The van der Waals surface area contributed by atoms with E-state index < -0.39 is 97.2 Å². The molecule has 20 heteroatoms. The van der Waals surface area contributed by atoms with Gasteiger partial charge in [0.25, 0.3) is 0 Å². The summed E-state index contributed by atoms with van der Waals surface area (Å²) >= 11 is 0. The molecule has 0 saturated carbocycles. The zero-order valence-corrected chi connectivity index (χ0v) is 45.8. The Morgan fingerprint density at radius 2 is 0.658 bits per heavy atom. The molecule has 398 valence electrons. The molecule has 0 N–H and O–H groups in total. The van der Waals surface area contributed by atoms with Crippen LogP contribution in [0.4, 0.5) is 26.3 Å². The molecule has 0 spiro atoms. The lowest BCUT2D eigenvalue weighted by Gasteiger charge is -2.39. The summed E-state index contributed by atoms with van der Waals surface area (Å²) in [5.41, 5.74) is -4.96. The zero-order chi connectivity index (χ0) is 54.5. The Labute approximate surface area is 441 Å². The predicted octanol–water partition coefficient (Wildman–Crippen LogP) is 13.7. The fourth-order valence-corrected chi connectivity index (χ4v) is 13.1. The van der Waals surface area contributed by atoms with Crippen LogP contribution in [0.5, 0.6) is 0 Å². The van der Waals surface area contributed by atoms with Crippen molar-refractivity contribution in [2.45, 2.75) is 86.8 Å². The van der Waals surface area contributed by atoms with Crippen LogP contribution in [-0.4, -0.2) is 71.7 Å². The van der Waals surface area contributed by atoms with Crippen LogP contribution in [0.1, 0.15) is 57.9 Å². The monoisotopic (exact) mass is 1100 g/mol. The highest BCUT2D eigenvalue weighted by atomic mass is 31.1. The maximum atomic E-state index is 16.0. The van der Waals surface area contributed by atoms with Gasteiger partial charge in [0.15, 0.2) is 28.3 Å². The molecule has 8 aromatic rings. The van der Waals surface area contributed by atoms with Gasteiger partial charge in [0.05, 0.1) is 13.2 Å². The van der Waals surface area contributed by atoms with Crippen LogP contribution in [0.2, 0.25) is 39.3 Å². The molecule has 2 atom stereocenters. The highest BCUT2D eigenvalue weighted by molar-refractivity contribution is 7.33. The standard InChI is InChI=1S/C56H59F6N6O5PSi2/c1-75(2,3)72-51(55(57,58)59,49-63-41-67(65-49)53(43-25-13-7-14-26-43,44-27-15-8-16-28-44)45-29-17-9-18-30-45)37-39-70-74(69)71-40-38-52(56(60,61)62,73-76(4,5)6)50-64-42-68(66-50)54(46-31-19-10-20-32-46,47-33-21-11-22-34-47)48-35-23-12-24-36-48/h7-36,41-42,74H,37-40H2,1-6H3. The smallest absolute Gasteiger partial charge is 0.398 e. The van der Waals surface area contributed by atoms with Crippen molar-refractivity contribution in [3.8, 4) is 0 Å². The van der Waals surface area contributed by atoms with Gasteiger partial charge in [-0.05, 0) is 72.7 Å². The minimum absolute atomic E-state index is 0.681. The molecule has 0 saturated heterocycles. The van der Waals surface area contributed by atoms with Crippen LogP contribution in [0, 0.1) is 0 Å². The summed E-state index contributed by atoms with van der Waals surface area (Å²) < 4.78 is 136. The second-order valence-electron chi connectivity index (χ2n) is 20.2. The molecule has 11 nitrogen and oxygen atoms in total. The number of aromatic nitrogens is 6. The third-order valence-electron chi connectivity index (χ3n) is 12.8. The average molecular weight is 1100 g/mol. The highest BCUT2D eigenvalue weighted by Gasteiger charge is 2.63. The summed E-state index contributed by atoms with van der Waals surface area (Å²) in [6, 6.07) is 55.2. The minimum atomic E-state index is -5.16. The van der Waals surface area contributed by atoms with Crippen LogP contribution in [0.3, 0.4) is 0 Å². The molecule has 0 aliphatic rings. The number of alkyl halides is 6. The number of benzene rings is 6. The Hall–Kier alpha value is -6.32. The van der Waals surface area contributed by atoms with E-state index in [-0.39, 0.29) is 0 Å². The first-order valence-corrected chi connectivity index (χ1v) is 32.6. The molecule has 76 heavy (non-hydrogen) atoms. The number of rotatable bonds is 22. The van der Waals surface area contributed by atoms with Crippen molar-refractivity contribution < 1.29 is 48.8 Å². The minimum Gasteiger partial charge on any atom is -0.398 e. The first-order chi connectivity index (χ1) is 36.1. The summed E-state index contributed by atoms with van der Waals surface area (Å²) in [6.07, 6.45) is -9.83. The summed E-state index contributed by atoms with van der Waals surface area (Å²) in [5.74, 6) is -1.44. The Bertz CT molecular complexity index is 2750. The summed E-state index contributed by atoms with van der Waals surface area (Å²) in [6.45, 7) is 7.74. The molecule has 0 aliphatic heterocycles. The molecule has 0 radical (unpaired) electrons. The van der Waals surface area contributed by atoms with Crippen LogP contribution >= 0.6 is 8.25 Å². The van der Waals surface area contributed by atoms with Gasteiger partial charge in [0.1, 0.15) is 23.7 Å². The second kappa shape index (κ2) is 22.3. The molecular formula is C56H59F6N6O5PSi2. The van der Waals surface area contributed by atoms with Crippen molar-refractivity contribution in [1.82, 2.24) is 29.5 Å². The average Bonchev–Trinajstić information content (AvgIpc) is 4.16. The van der Waals surface area contributed by atoms with Crippen molar-refractivity contribution in [3.05, 3.63) is 240 Å². The molecule has 0 bridgehead atoms. The number of hydrogen-bond donors (Lipinski definition) is 0. The topological polar surface area (TPSA) is 115 Å². The number of nitrogens with zero attached hydrogens (tertiary/aromatic N) is 6. The Kier molecular flexibility index (Phi) is 16.4. The van der Waals surface area contributed by atoms with E-state index in [0.29, 0.717) is 33.4 Å². The normalized spacial score (nSPS) is 14.9. The van der Waals surface area contributed by atoms with Crippen molar-refractivity contribution in [2.75, 3.05) is 13.2 Å². The van der Waals surface area contributed by atoms with Crippen molar-refractivity contribution in [3.63, 3.8) is 0 Å². The van der Waals surface area contributed by atoms with Crippen LogP contribution in [0.15, 0.2) is 195 Å². The van der Waals surface area contributed by atoms with Crippen molar-refractivity contribution >= 4 is 24.9 Å². The fraction of sp³-hybridized carbons (Fsp3) is 0.286. The highest BCUT2D eigenvalue weighted by Crippen LogP contribution is 2.50. The summed E-state index contributed by atoms with van der Waals surface area (Å²) in [5, 5.41) is 9.31. The van der Waals surface area contributed by atoms with Crippen LogP contribution < -0.4 is 0 Å². The van der Waals surface area contributed by atoms with Gasteiger partial charge in [-0.3, -0.25) is 4.57 Å². The van der Waals surface area contributed by atoms with E-state index in [0.717, 1.165) is 0 Å². The molecule has 2 aromatic heterocycles. The van der Waals surface area contributed by atoms with E-state index in [1.807, 2.05) is 182 Å². The number of hydrogen-bond acceptors (Lipinski definition) is 9. The van der Waals surface area contributed by atoms with Crippen LogP contribution in [0.25, 0.3) is 0 Å². The molecule has 8 rings (SSSR count). The van der Waals surface area contributed by atoms with Gasteiger partial charge in [-0.25, -0.2) is 19.3 Å². The quantitative estimate of drug-likeness (QED) is 0.0283. The van der Waals surface area contributed by atoms with Crippen molar-refractivity contribution in [1.29, 1.82) is 0 Å². The van der Waals surface area contributed by atoms with Gasteiger partial charge >= 0.3 is 20.6 Å². The molecule has 6 aromatic carbocycles. The molecule has 0 fully saturated rings. The maximum Gasteiger partial charge on any atom is 0.423 e. The lowest BCUT2D eigenvalue weighted by Crippen LogP contribution is -2.52. The molecule has 0 amide bonds. The third kappa shape index (κ3) is 11.2. The first kappa shape index (κ1) is 55.9. The van der Waals surface area contributed by atoms with E-state index in [1.165, 1.54) is 22.0 Å². The van der Waals surface area contributed by atoms with Gasteiger partial charge in [0, 0.05) is 12.8 Å². The Balaban J connectivity index is 1.10. The Morgan fingerprint density at radius 3 is 0.868 bits per heavy atom. The summed E-state index contributed by atoms with van der Waals surface area (Å²) in [4.78, 5) is 8.69. The summed E-state index contributed by atoms with van der Waals surface area (Å²) in [7, 11) is -10.1. The molecular weight excluding hydrogens is 1040 g/mol. The largest absolute Gasteiger partial charge is 0.423 e. The van der Waals surface area contributed by atoms with E-state index in [9.17, 15) is 4.57 Å². The number of halogens is 6. The zero-order valence-electron chi connectivity index (χ0n) is 42.8. The van der Waals surface area contributed by atoms with E-state index in [1.54, 1.807) is 39.3 Å². The van der Waals surface area contributed by atoms with Gasteiger partial charge < -0.3 is 17.9 Å². The molecule has 2 unspecified atom stereocenters. The first-order valence-electron chi connectivity index (χ1n) is 24.6. The lowest BCUT2D eigenvalue weighted by molar-refractivity contribution is -0.266. The van der Waals surface area contributed by atoms with Gasteiger partial charge in [-0.1, -0.05) is 182 Å². The van der Waals surface area contributed by atoms with Gasteiger partial charge in [-0.15, -0.1) is 0 Å². The van der Waals surface area contributed by atoms with Crippen LogP contribution in [-0.2, 0) is 44.7 Å². The Morgan fingerprint density at radius 1 is 0.421 bits per heavy atom. The van der Waals surface area contributed by atoms with Gasteiger partial charge in [-0.2, -0.15) is 36.5 Å². The van der Waals surface area contributed by atoms with Crippen molar-refractivity contribution in [2.24, 2.45) is 0 Å². The lowest BCUT2D eigenvalue weighted by atomic mass is 9.77. The van der Waals surface area contributed by atoms with E-state index in [4.69, 9.17) is 17.9 Å². The third-order valence-corrected chi connectivity index (χ3v) is 15.6. The second-order valence-corrected chi connectivity index (χ2v) is 30.1. The fourth-order valence-electron chi connectivity index (χ4n) is 9.80. The van der Waals surface area contributed by atoms with E-state index in [2.05, 4.69) is 20.2 Å². The predicted molar refractivity (Wildman–Crippen MR) is 284 cm³/mol. The van der Waals surface area contributed by atoms with E-state index >= 15 is 26.3 Å². The molecule has 2 heterocycles. The maximum absolute atomic E-state index is 16.0. The molecule has 0 aliphatic carbocycles. The van der Waals surface area contributed by atoms with Gasteiger partial charge in [0.2, 0.25) is 11.2 Å². The SMILES string of the molecule is C[Si](C)(C)OC(CCO[PH](=O)OCCC(O[Si](C)(C)C)(c1ncn(C(c2ccccc2)(c2ccccc2)c2ccccc2)n1)C(F)(F)F)(c1ncn(C(c2ccccc2)(c2ccccc2)c2ccccc2)n1)C(F)(F)F.